The number of carbonyl (C=O) groups excluding carboxylic acids is 1. The van der Waals surface area contributed by atoms with Gasteiger partial charge in [-0.3, -0.25) is 0 Å². The van der Waals surface area contributed by atoms with Crippen LogP contribution in [-0.2, 0) is 12.0 Å². The Kier molecular flexibility index (Phi) is 6.97. The highest BCUT2D eigenvalue weighted by Gasteiger charge is 2.54. The lowest BCUT2D eigenvalue weighted by molar-refractivity contribution is 0.0589. The maximum Gasteiger partial charge on any atom is 0.320 e. The van der Waals surface area contributed by atoms with Crippen molar-refractivity contribution >= 4 is 6.03 Å². The Hall–Kier alpha value is -2.29. The van der Waals surface area contributed by atoms with Gasteiger partial charge in [0.1, 0.15) is 0 Å². The minimum Gasteiger partial charge on any atom is -0.318 e. The van der Waals surface area contributed by atoms with Gasteiger partial charge < -0.3 is 9.80 Å². The molecule has 3 nitrogen and oxygen atoms in total. The van der Waals surface area contributed by atoms with Crippen LogP contribution in [0.15, 0.2) is 54.6 Å². The Morgan fingerprint density at radius 1 is 0.971 bits per heavy atom. The molecule has 3 fully saturated rings. The van der Waals surface area contributed by atoms with E-state index in [0.29, 0.717) is 5.92 Å². The molecule has 188 valence electrons. The summed E-state index contributed by atoms with van der Waals surface area (Å²) in [5, 5.41) is 0. The lowest BCUT2D eigenvalue weighted by atomic mass is 9.60. The predicted molar refractivity (Wildman–Crippen MR) is 144 cm³/mol. The first-order chi connectivity index (χ1) is 16.9. The van der Waals surface area contributed by atoms with E-state index in [9.17, 15) is 4.79 Å². The third-order valence-electron chi connectivity index (χ3n) is 9.68. The summed E-state index contributed by atoms with van der Waals surface area (Å²) < 4.78 is 0. The standard InChI is InChI=1S/C32H44N2O/c1-4-25(2)21-31(29-11-6-5-7-12-29)17-19-32(20-18-31)24-33(22-28-15-13-26(3)14-16-28)30(35)34(32)23-27-9-8-10-27/h5-7,11-16,25,27H,4,8-10,17-24H2,1-3H3. The molecule has 2 saturated carbocycles. The Morgan fingerprint density at radius 3 is 2.26 bits per heavy atom. The van der Waals surface area contributed by atoms with Gasteiger partial charge in [-0.05, 0) is 80.2 Å². The van der Waals surface area contributed by atoms with Gasteiger partial charge in [0.05, 0.1) is 5.54 Å². The first kappa shape index (κ1) is 24.4. The number of benzene rings is 2. The van der Waals surface area contributed by atoms with Crippen LogP contribution in [0, 0.1) is 18.8 Å². The molecule has 0 aromatic heterocycles. The van der Waals surface area contributed by atoms with Crippen molar-refractivity contribution in [1.82, 2.24) is 9.80 Å². The van der Waals surface area contributed by atoms with Crippen molar-refractivity contribution in [3.05, 3.63) is 71.3 Å². The quantitative estimate of drug-likeness (QED) is 0.386. The number of hydrogen-bond donors (Lipinski definition) is 0. The molecule has 1 saturated heterocycles. The molecule has 2 amide bonds. The Bertz CT molecular complexity index is 986. The van der Waals surface area contributed by atoms with Crippen LogP contribution < -0.4 is 0 Å². The molecule has 0 radical (unpaired) electrons. The summed E-state index contributed by atoms with van der Waals surface area (Å²) in [4.78, 5) is 18.3. The predicted octanol–water partition coefficient (Wildman–Crippen LogP) is 7.72. The minimum atomic E-state index is 0.00506. The third-order valence-corrected chi connectivity index (χ3v) is 9.68. The van der Waals surface area contributed by atoms with E-state index in [-0.39, 0.29) is 17.0 Å². The molecule has 1 atom stereocenters. The number of urea groups is 1. The van der Waals surface area contributed by atoms with Crippen LogP contribution in [0.25, 0.3) is 0 Å². The second kappa shape index (κ2) is 9.99. The van der Waals surface area contributed by atoms with Crippen LogP contribution in [0.5, 0.6) is 0 Å². The number of hydrogen-bond acceptors (Lipinski definition) is 1. The van der Waals surface area contributed by atoms with E-state index in [1.54, 1.807) is 0 Å². The second-order valence-corrected chi connectivity index (χ2v) is 12.1. The minimum absolute atomic E-state index is 0.00506. The summed E-state index contributed by atoms with van der Waals surface area (Å²) in [7, 11) is 0. The van der Waals surface area contributed by atoms with E-state index in [4.69, 9.17) is 0 Å². The van der Waals surface area contributed by atoms with E-state index in [1.165, 1.54) is 61.6 Å². The van der Waals surface area contributed by atoms with Crippen molar-refractivity contribution in [3.63, 3.8) is 0 Å². The highest BCUT2D eigenvalue weighted by molar-refractivity contribution is 5.78. The van der Waals surface area contributed by atoms with Gasteiger partial charge in [-0.2, -0.15) is 0 Å². The summed E-state index contributed by atoms with van der Waals surface area (Å²) in [6.45, 7) is 9.46. The second-order valence-electron chi connectivity index (χ2n) is 12.1. The van der Waals surface area contributed by atoms with Crippen molar-refractivity contribution in [3.8, 4) is 0 Å². The molecule has 0 N–H and O–H groups in total. The zero-order chi connectivity index (χ0) is 24.5. The van der Waals surface area contributed by atoms with E-state index in [2.05, 4.69) is 85.2 Å². The van der Waals surface area contributed by atoms with E-state index < -0.39 is 0 Å². The van der Waals surface area contributed by atoms with Gasteiger partial charge in [-0.25, -0.2) is 4.79 Å². The first-order valence-electron chi connectivity index (χ1n) is 14.1. The van der Waals surface area contributed by atoms with Crippen LogP contribution >= 0.6 is 0 Å². The summed E-state index contributed by atoms with van der Waals surface area (Å²) in [6.07, 6.45) is 11.0. The van der Waals surface area contributed by atoms with Crippen molar-refractivity contribution in [2.45, 2.75) is 96.1 Å². The molecule has 3 heteroatoms. The van der Waals surface area contributed by atoms with Crippen LogP contribution in [0.2, 0.25) is 0 Å². The highest BCUT2D eigenvalue weighted by atomic mass is 16.2. The number of aryl methyl sites for hydroxylation is 1. The fourth-order valence-corrected chi connectivity index (χ4v) is 6.96. The van der Waals surface area contributed by atoms with Crippen LogP contribution in [0.3, 0.4) is 0 Å². The smallest absolute Gasteiger partial charge is 0.318 e. The molecule has 2 aromatic carbocycles. The Morgan fingerprint density at radius 2 is 1.66 bits per heavy atom. The van der Waals surface area contributed by atoms with Gasteiger partial charge in [0.15, 0.2) is 0 Å². The first-order valence-corrected chi connectivity index (χ1v) is 14.1. The van der Waals surface area contributed by atoms with Crippen molar-refractivity contribution < 1.29 is 4.79 Å². The summed E-state index contributed by atoms with van der Waals surface area (Å²) >= 11 is 0. The third kappa shape index (κ3) is 4.88. The summed E-state index contributed by atoms with van der Waals surface area (Å²) in [6, 6.07) is 20.3. The van der Waals surface area contributed by atoms with Crippen molar-refractivity contribution in [1.29, 1.82) is 0 Å². The van der Waals surface area contributed by atoms with Gasteiger partial charge in [0, 0.05) is 19.6 Å². The molecule has 1 spiro atoms. The number of amides is 2. The number of carbonyl (C=O) groups is 1. The summed E-state index contributed by atoms with van der Waals surface area (Å²) in [5.41, 5.74) is 4.29. The van der Waals surface area contributed by atoms with Gasteiger partial charge in [-0.1, -0.05) is 86.8 Å². The molecule has 1 heterocycles. The van der Waals surface area contributed by atoms with Crippen LogP contribution in [0.1, 0.15) is 88.3 Å². The number of rotatable bonds is 8. The van der Waals surface area contributed by atoms with Crippen LogP contribution in [-0.4, -0.2) is 34.5 Å². The van der Waals surface area contributed by atoms with Gasteiger partial charge in [-0.15, -0.1) is 0 Å². The average molecular weight is 473 g/mol. The maximum atomic E-state index is 13.8. The molecule has 35 heavy (non-hydrogen) atoms. The monoisotopic (exact) mass is 472 g/mol. The molecule has 3 aliphatic rings. The zero-order valence-electron chi connectivity index (χ0n) is 22.1. The molecular weight excluding hydrogens is 428 g/mol. The lowest BCUT2D eigenvalue weighted by Crippen LogP contribution is -2.54. The van der Waals surface area contributed by atoms with Gasteiger partial charge >= 0.3 is 6.03 Å². The van der Waals surface area contributed by atoms with Crippen molar-refractivity contribution in [2.75, 3.05) is 13.1 Å². The molecule has 5 rings (SSSR count). The topological polar surface area (TPSA) is 23.6 Å². The molecule has 2 aliphatic carbocycles. The molecule has 2 aromatic rings. The molecule has 1 unspecified atom stereocenters. The largest absolute Gasteiger partial charge is 0.320 e. The normalized spacial score (nSPS) is 27.9. The average Bonchev–Trinajstić information content (AvgIpc) is 3.10. The van der Waals surface area contributed by atoms with Gasteiger partial charge in [0.2, 0.25) is 0 Å². The Balaban J connectivity index is 1.39. The van der Waals surface area contributed by atoms with Crippen LogP contribution in [0.4, 0.5) is 4.79 Å². The lowest BCUT2D eigenvalue weighted by Gasteiger charge is -2.50. The Labute approximate surface area is 212 Å². The molecular formula is C32H44N2O. The summed E-state index contributed by atoms with van der Waals surface area (Å²) in [5.74, 6) is 1.43. The fraction of sp³-hybridized carbons (Fsp3) is 0.594. The van der Waals surface area contributed by atoms with E-state index in [0.717, 1.165) is 38.4 Å². The van der Waals surface area contributed by atoms with E-state index in [1.807, 2.05) is 0 Å². The van der Waals surface area contributed by atoms with E-state index >= 15 is 0 Å². The molecule has 0 bridgehead atoms. The highest BCUT2D eigenvalue weighted by Crippen LogP contribution is 2.51. The van der Waals surface area contributed by atoms with Gasteiger partial charge in [0.25, 0.3) is 0 Å². The van der Waals surface area contributed by atoms with Crippen molar-refractivity contribution in [2.24, 2.45) is 11.8 Å². The number of nitrogens with zero attached hydrogens (tertiary/aromatic N) is 2. The molecule has 1 aliphatic heterocycles. The fourth-order valence-electron chi connectivity index (χ4n) is 6.96. The SMILES string of the molecule is CCC(C)CC1(c2ccccc2)CCC2(CC1)CN(Cc1ccc(C)cc1)C(=O)N2CC1CCC1. The zero-order valence-corrected chi connectivity index (χ0v) is 22.1. The maximum absolute atomic E-state index is 13.8.